The number of amides is 1. The maximum atomic E-state index is 11.9. The molecule has 0 saturated heterocycles. The molecule has 0 fully saturated rings. The number of primary amides is 1. The van der Waals surface area contributed by atoms with Crippen LogP contribution in [0.15, 0.2) is 18.2 Å². The number of rotatable bonds is 3. The summed E-state index contributed by atoms with van der Waals surface area (Å²) in [6.07, 6.45) is 0.211. The first-order valence-electron chi connectivity index (χ1n) is 5.89. The molecule has 2 rings (SSSR count). The van der Waals surface area contributed by atoms with Gasteiger partial charge in [-0.15, -0.1) is 0 Å². The molecule has 1 atom stereocenters. The van der Waals surface area contributed by atoms with Crippen LogP contribution in [0, 0.1) is 0 Å². The highest BCUT2D eigenvalue weighted by Crippen LogP contribution is 2.35. The number of carbonyl (C=O) groups is 1. The molecule has 0 saturated carbocycles. The maximum absolute atomic E-state index is 11.9. The van der Waals surface area contributed by atoms with Crippen molar-refractivity contribution in [3.63, 3.8) is 0 Å². The van der Waals surface area contributed by atoms with E-state index in [9.17, 15) is 13.2 Å². The average Bonchev–Trinajstić information content (AvgIpc) is 2.60. The largest absolute Gasteiger partial charge is 0.489 e. The standard InChI is InChI=1S/C12H15NO5S/c1-2-19(15,16)10-6-7-17-11-8(12(13)14)4-3-5-9(11)18-10/h3-5,10H,2,6-7H2,1H3,(H2,13,14). The molecule has 1 heterocycles. The lowest BCUT2D eigenvalue weighted by atomic mass is 10.2. The van der Waals surface area contributed by atoms with Crippen LogP contribution in [0.5, 0.6) is 11.5 Å². The van der Waals surface area contributed by atoms with Gasteiger partial charge in [0.15, 0.2) is 21.3 Å². The number of benzene rings is 1. The summed E-state index contributed by atoms with van der Waals surface area (Å²) in [5.74, 6) is -0.209. The summed E-state index contributed by atoms with van der Waals surface area (Å²) in [7, 11) is -3.34. The van der Waals surface area contributed by atoms with E-state index in [1.165, 1.54) is 6.07 Å². The highest BCUT2D eigenvalue weighted by molar-refractivity contribution is 7.91. The van der Waals surface area contributed by atoms with Gasteiger partial charge in [-0.25, -0.2) is 8.42 Å². The van der Waals surface area contributed by atoms with Crippen LogP contribution in [0.3, 0.4) is 0 Å². The van der Waals surface area contributed by atoms with Crippen molar-refractivity contribution in [2.24, 2.45) is 5.73 Å². The molecule has 0 aliphatic carbocycles. The van der Waals surface area contributed by atoms with E-state index in [0.717, 1.165) is 0 Å². The second-order valence-electron chi connectivity index (χ2n) is 4.13. The van der Waals surface area contributed by atoms with Gasteiger partial charge in [-0.2, -0.15) is 0 Å². The van der Waals surface area contributed by atoms with Crippen molar-refractivity contribution in [2.45, 2.75) is 18.8 Å². The van der Waals surface area contributed by atoms with Gasteiger partial charge in [-0.1, -0.05) is 13.0 Å². The molecule has 6 nitrogen and oxygen atoms in total. The Morgan fingerprint density at radius 3 is 2.84 bits per heavy atom. The second-order valence-corrected chi connectivity index (χ2v) is 6.56. The van der Waals surface area contributed by atoms with Gasteiger partial charge < -0.3 is 15.2 Å². The number of fused-ring (bicyclic) bond motifs is 1. The Balaban J connectivity index is 2.42. The molecule has 0 radical (unpaired) electrons. The molecule has 0 aromatic heterocycles. The van der Waals surface area contributed by atoms with Gasteiger partial charge in [-0.05, 0) is 12.1 Å². The zero-order valence-corrected chi connectivity index (χ0v) is 11.3. The predicted octanol–water partition coefficient (Wildman–Crippen LogP) is 0.708. The van der Waals surface area contributed by atoms with Crippen molar-refractivity contribution in [1.82, 2.24) is 0 Å². The molecular formula is C12H15NO5S. The van der Waals surface area contributed by atoms with Crippen molar-refractivity contribution in [3.8, 4) is 11.5 Å². The second kappa shape index (κ2) is 5.08. The van der Waals surface area contributed by atoms with E-state index in [-0.39, 0.29) is 35.8 Å². The summed E-state index contributed by atoms with van der Waals surface area (Å²) in [6.45, 7) is 1.71. The Bertz CT molecular complexity index is 596. The van der Waals surface area contributed by atoms with Crippen LogP contribution >= 0.6 is 0 Å². The summed E-state index contributed by atoms with van der Waals surface area (Å²) in [5, 5.41) is 0. The van der Waals surface area contributed by atoms with Gasteiger partial charge in [0.25, 0.3) is 5.91 Å². The van der Waals surface area contributed by atoms with Crippen LogP contribution in [0.2, 0.25) is 0 Å². The Hall–Kier alpha value is -1.76. The van der Waals surface area contributed by atoms with E-state index < -0.39 is 21.2 Å². The Morgan fingerprint density at radius 2 is 2.21 bits per heavy atom. The summed E-state index contributed by atoms with van der Waals surface area (Å²) in [5.41, 5.74) is 4.47. The van der Waals surface area contributed by atoms with Crippen molar-refractivity contribution in [2.75, 3.05) is 12.4 Å². The fourth-order valence-electron chi connectivity index (χ4n) is 1.85. The minimum Gasteiger partial charge on any atom is -0.489 e. The highest BCUT2D eigenvalue weighted by atomic mass is 32.2. The zero-order valence-electron chi connectivity index (χ0n) is 10.5. The number of hydrogen-bond acceptors (Lipinski definition) is 5. The summed E-state index contributed by atoms with van der Waals surface area (Å²) < 4.78 is 34.6. The lowest BCUT2D eigenvalue weighted by molar-refractivity contribution is 0.0996. The number of carbonyl (C=O) groups excluding carboxylic acids is 1. The number of sulfone groups is 1. The first kappa shape index (κ1) is 13.7. The monoisotopic (exact) mass is 285 g/mol. The molecule has 1 aliphatic rings. The van der Waals surface area contributed by atoms with Gasteiger partial charge in [0.2, 0.25) is 5.44 Å². The zero-order chi connectivity index (χ0) is 14.0. The first-order valence-corrected chi connectivity index (χ1v) is 7.61. The van der Waals surface area contributed by atoms with Gasteiger partial charge in [0, 0.05) is 6.42 Å². The molecule has 1 aromatic carbocycles. The van der Waals surface area contributed by atoms with Crippen molar-refractivity contribution >= 4 is 15.7 Å². The quantitative estimate of drug-likeness (QED) is 0.882. The van der Waals surface area contributed by atoms with Gasteiger partial charge in [0.1, 0.15) is 0 Å². The van der Waals surface area contributed by atoms with Crippen LogP contribution in [0.1, 0.15) is 23.7 Å². The predicted molar refractivity (Wildman–Crippen MR) is 68.9 cm³/mol. The molecular weight excluding hydrogens is 270 g/mol. The van der Waals surface area contributed by atoms with Crippen molar-refractivity contribution in [3.05, 3.63) is 23.8 Å². The van der Waals surface area contributed by atoms with Gasteiger partial charge in [-0.3, -0.25) is 4.79 Å². The third kappa shape index (κ3) is 2.65. The maximum Gasteiger partial charge on any atom is 0.252 e. The Kier molecular flexibility index (Phi) is 3.66. The average molecular weight is 285 g/mol. The molecule has 1 unspecified atom stereocenters. The fourth-order valence-corrected chi connectivity index (χ4v) is 2.93. The van der Waals surface area contributed by atoms with E-state index in [1.54, 1.807) is 19.1 Å². The molecule has 1 aliphatic heterocycles. The summed E-state index contributed by atoms with van der Waals surface area (Å²) in [4.78, 5) is 11.3. The van der Waals surface area contributed by atoms with E-state index in [1.807, 2.05) is 0 Å². The third-order valence-electron chi connectivity index (χ3n) is 2.91. The number of hydrogen-bond donors (Lipinski definition) is 1. The van der Waals surface area contributed by atoms with Gasteiger partial charge in [0.05, 0.1) is 17.9 Å². The molecule has 2 N–H and O–H groups in total. The van der Waals surface area contributed by atoms with Crippen LogP contribution in [-0.2, 0) is 9.84 Å². The van der Waals surface area contributed by atoms with Crippen LogP contribution in [0.25, 0.3) is 0 Å². The van der Waals surface area contributed by atoms with Crippen LogP contribution in [0.4, 0.5) is 0 Å². The smallest absolute Gasteiger partial charge is 0.252 e. The molecule has 1 aromatic rings. The van der Waals surface area contributed by atoms with Crippen LogP contribution < -0.4 is 15.2 Å². The molecule has 19 heavy (non-hydrogen) atoms. The molecule has 0 spiro atoms. The van der Waals surface area contributed by atoms with E-state index in [4.69, 9.17) is 15.2 Å². The molecule has 1 amide bonds. The number of para-hydroxylation sites is 1. The Labute approximate surface area is 111 Å². The molecule has 7 heteroatoms. The van der Waals surface area contributed by atoms with Crippen LogP contribution in [-0.4, -0.2) is 32.1 Å². The van der Waals surface area contributed by atoms with E-state index in [0.29, 0.717) is 0 Å². The fraction of sp³-hybridized carbons (Fsp3) is 0.417. The lowest BCUT2D eigenvalue weighted by Crippen LogP contribution is -2.29. The molecule has 0 bridgehead atoms. The van der Waals surface area contributed by atoms with E-state index in [2.05, 4.69) is 0 Å². The van der Waals surface area contributed by atoms with Crippen molar-refractivity contribution < 1.29 is 22.7 Å². The van der Waals surface area contributed by atoms with Crippen molar-refractivity contribution in [1.29, 1.82) is 0 Å². The number of ether oxygens (including phenoxy) is 2. The normalized spacial score (nSPS) is 18.7. The summed E-state index contributed by atoms with van der Waals surface area (Å²) in [6, 6.07) is 4.65. The first-order chi connectivity index (χ1) is 8.95. The minimum atomic E-state index is -3.34. The Morgan fingerprint density at radius 1 is 1.47 bits per heavy atom. The SMILES string of the molecule is CCS(=O)(=O)C1CCOc2c(cccc2C(N)=O)O1. The third-order valence-corrected chi connectivity index (χ3v) is 4.84. The topological polar surface area (TPSA) is 95.7 Å². The lowest BCUT2D eigenvalue weighted by Gasteiger charge is -2.15. The number of nitrogens with two attached hydrogens (primary N) is 1. The van der Waals surface area contributed by atoms with E-state index >= 15 is 0 Å². The molecule has 104 valence electrons. The summed E-state index contributed by atoms with van der Waals surface area (Å²) >= 11 is 0. The highest BCUT2D eigenvalue weighted by Gasteiger charge is 2.30. The minimum absolute atomic E-state index is 0.0114. The van der Waals surface area contributed by atoms with Gasteiger partial charge >= 0.3 is 0 Å².